The van der Waals surface area contributed by atoms with Crippen molar-refractivity contribution < 1.29 is 4.79 Å². The van der Waals surface area contributed by atoms with Crippen molar-refractivity contribution in [1.82, 2.24) is 25.5 Å². The lowest BCUT2D eigenvalue weighted by Gasteiger charge is -2.27. The summed E-state index contributed by atoms with van der Waals surface area (Å²) >= 11 is 0. The van der Waals surface area contributed by atoms with Gasteiger partial charge in [-0.3, -0.25) is 4.79 Å². The molecule has 110 valence electrons. The van der Waals surface area contributed by atoms with E-state index in [1.807, 2.05) is 24.3 Å². The maximum Gasteiger partial charge on any atom is 0.227 e. The highest BCUT2D eigenvalue weighted by molar-refractivity contribution is 5.92. The number of tetrazole rings is 1. The summed E-state index contributed by atoms with van der Waals surface area (Å²) in [5, 5.41) is 17.4. The fourth-order valence-electron chi connectivity index (χ4n) is 2.62. The second-order valence-corrected chi connectivity index (χ2v) is 5.37. The van der Waals surface area contributed by atoms with Crippen molar-refractivity contribution in [1.29, 1.82) is 0 Å². The van der Waals surface area contributed by atoms with Crippen LogP contribution in [0.15, 0.2) is 30.6 Å². The zero-order valence-electron chi connectivity index (χ0n) is 11.9. The van der Waals surface area contributed by atoms with Crippen molar-refractivity contribution in [3.8, 4) is 5.69 Å². The van der Waals surface area contributed by atoms with Crippen molar-refractivity contribution in [3.63, 3.8) is 0 Å². The molecule has 1 aromatic heterocycles. The molecule has 1 aliphatic rings. The smallest absolute Gasteiger partial charge is 0.227 e. The van der Waals surface area contributed by atoms with Crippen LogP contribution in [-0.2, 0) is 4.79 Å². The summed E-state index contributed by atoms with van der Waals surface area (Å²) in [5.41, 5.74) is 1.58. The Morgan fingerprint density at radius 1 is 1.48 bits per heavy atom. The van der Waals surface area contributed by atoms with Gasteiger partial charge >= 0.3 is 0 Å². The molecule has 2 aromatic rings. The molecule has 0 spiro atoms. The molecule has 1 saturated heterocycles. The van der Waals surface area contributed by atoms with E-state index >= 15 is 0 Å². The minimum atomic E-state index is 0.0675. The predicted molar refractivity (Wildman–Crippen MR) is 78.0 cm³/mol. The fraction of sp³-hybridized carbons (Fsp3) is 0.429. The summed E-state index contributed by atoms with van der Waals surface area (Å²) in [6.07, 6.45) is 3.27. The van der Waals surface area contributed by atoms with E-state index in [0.29, 0.717) is 6.04 Å². The fourth-order valence-corrected chi connectivity index (χ4v) is 2.62. The second kappa shape index (κ2) is 6.01. The van der Waals surface area contributed by atoms with Gasteiger partial charge in [0.15, 0.2) is 0 Å². The summed E-state index contributed by atoms with van der Waals surface area (Å²) < 4.78 is 1.56. The number of nitrogens with zero attached hydrogens (tertiary/aromatic N) is 4. The molecule has 1 amide bonds. The standard InChI is InChI=1S/C14H18N6O/c1-10-7-11(5-6-15-10)14(21)17-12-3-2-4-13(8-12)20-9-16-18-19-20/h2-4,8-11,15H,5-7H2,1H3,(H,17,21). The molecule has 21 heavy (non-hydrogen) atoms. The number of piperidine rings is 1. The summed E-state index contributed by atoms with van der Waals surface area (Å²) in [4.78, 5) is 12.3. The van der Waals surface area contributed by atoms with Crippen LogP contribution in [0.25, 0.3) is 5.69 Å². The Morgan fingerprint density at radius 2 is 2.38 bits per heavy atom. The molecule has 7 heteroatoms. The normalized spacial score (nSPS) is 22.0. The van der Waals surface area contributed by atoms with Crippen LogP contribution in [0.2, 0.25) is 0 Å². The van der Waals surface area contributed by atoms with Gasteiger partial charge in [-0.25, -0.2) is 4.68 Å². The molecule has 2 heterocycles. The van der Waals surface area contributed by atoms with E-state index in [-0.39, 0.29) is 11.8 Å². The summed E-state index contributed by atoms with van der Waals surface area (Å²) in [6.45, 7) is 3.00. The summed E-state index contributed by atoms with van der Waals surface area (Å²) in [6, 6.07) is 7.88. The van der Waals surface area contributed by atoms with Gasteiger partial charge < -0.3 is 10.6 Å². The number of nitrogens with one attached hydrogen (secondary N) is 2. The molecule has 2 atom stereocenters. The van der Waals surface area contributed by atoms with Crippen molar-refractivity contribution in [2.45, 2.75) is 25.8 Å². The zero-order valence-corrected chi connectivity index (χ0v) is 11.9. The van der Waals surface area contributed by atoms with Gasteiger partial charge in [0.05, 0.1) is 5.69 Å². The van der Waals surface area contributed by atoms with E-state index < -0.39 is 0 Å². The monoisotopic (exact) mass is 286 g/mol. The third-order valence-corrected chi connectivity index (χ3v) is 3.72. The third-order valence-electron chi connectivity index (χ3n) is 3.72. The number of anilines is 1. The van der Waals surface area contributed by atoms with Crippen LogP contribution >= 0.6 is 0 Å². The van der Waals surface area contributed by atoms with Crippen LogP contribution in [0.3, 0.4) is 0 Å². The lowest BCUT2D eigenvalue weighted by atomic mass is 9.92. The highest BCUT2D eigenvalue weighted by Gasteiger charge is 2.24. The molecule has 0 aliphatic carbocycles. The Kier molecular flexibility index (Phi) is 3.92. The molecule has 2 unspecified atom stereocenters. The molecule has 0 bridgehead atoms. The predicted octanol–water partition coefficient (Wildman–Crippen LogP) is 0.989. The van der Waals surface area contributed by atoms with E-state index in [1.54, 1.807) is 4.68 Å². The van der Waals surface area contributed by atoms with Crippen molar-refractivity contribution in [3.05, 3.63) is 30.6 Å². The summed E-state index contributed by atoms with van der Waals surface area (Å²) in [5.74, 6) is 0.148. The van der Waals surface area contributed by atoms with Crippen molar-refractivity contribution in [2.75, 3.05) is 11.9 Å². The number of rotatable bonds is 3. The highest BCUT2D eigenvalue weighted by Crippen LogP contribution is 2.19. The maximum absolute atomic E-state index is 12.3. The lowest BCUT2D eigenvalue weighted by molar-refractivity contribution is -0.120. The number of benzene rings is 1. The first kappa shape index (κ1) is 13.7. The number of carbonyl (C=O) groups is 1. The average molecular weight is 286 g/mol. The van der Waals surface area contributed by atoms with Crippen LogP contribution in [0.4, 0.5) is 5.69 Å². The molecule has 0 saturated carbocycles. The van der Waals surface area contributed by atoms with Gasteiger partial charge in [-0.15, -0.1) is 5.10 Å². The zero-order chi connectivity index (χ0) is 14.7. The third kappa shape index (κ3) is 3.25. The second-order valence-electron chi connectivity index (χ2n) is 5.37. The molecular weight excluding hydrogens is 268 g/mol. The van der Waals surface area contributed by atoms with Crippen LogP contribution in [0, 0.1) is 5.92 Å². The number of hydrogen-bond donors (Lipinski definition) is 2. The van der Waals surface area contributed by atoms with Gasteiger partial charge in [-0.2, -0.15) is 0 Å². The lowest BCUT2D eigenvalue weighted by Crippen LogP contribution is -2.40. The molecular formula is C14H18N6O. The van der Waals surface area contributed by atoms with Gasteiger partial charge in [-0.05, 0) is 54.9 Å². The van der Waals surface area contributed by atoms with E-state index in [4.69, 9.17) is 0 Å². The number of carbonyl (C=O) groups excluding carboxylic acids is 1. The van der Waals surface area contributed by atoms with Crippen molar-refractivity contribution >= 4 is 11.6 Å². The minimum absolute atomic E-state index is 0.0675. The molecule has 1 aliphatic heterocycles. The Morgan fingerprint density at radius 3 is 3.14 bits per heavy atom. The summed E-state index contributed by atoms with van der Waals surface area (Å²) in [7, 11) is 0. The van der Waals surface area contributed by atoms with Crippen LogP contribution in [-0.4, -0.2) is 38.7 Å². The number of aromatic nitrogens is 4. The average Bonchev–Trinajstić information content (AvgIpc) is 3.02. The van der Waals surface area contributed by atoms with Crippen LogP contribution in [0.5, 0.6) is 0 Å². The topological polar surface area (TPSA) is 84.7 Å². The SMILES string of the molecule is CC1CC(C(=O)Nc2cccc(-n3cnnn3)c2)CCN1. The molecule has 0 radical (unpaired) electrons. The van der Waals surface area contributed by atoms with E-state index in [1.165, 1.54) is 6.33 Å². The number of hydrogen-bond acceptors (Lipinski definition) is 5. The molecule has 3 rings (SSSR count). The van der Waals surface area contributed by atoms with Crippen LogP contribution < -0.4 is 10.6 Å². The van der Waals surface area contributed by atoms with Crippen molar-refractivity contribution in [2.24, 2.45) is 5.92 Å². The van der Waals surface area contributed by atoms with Gasteiger partial charge in [0.1, 0.15) is 6.33 Å². The molecule has 7 nitrogen and oxygen atoms in total. The first-order chi connectivity index (χ1) is 10.2. The molecule has 1 aromatic carbocycles. The first-order valence-electron chi connectivity index (χ1n) is 7.10. The van der Waals surface area contributed by atoms with Gasteiger partial charge in [0, 0.05) is 17.6 Å². The van der Waals surface area contributed by atoms with E-state index in [9.17, 15) is 4.79 Å². The molecule has 1 fully saturated rings. The van der Waals surface area contributed by atoms with Gasteiger partial charge in [0.2, 0.25) is 5.91 Å². The maximum atomic E-state index is 12.3. The molecule has 2 N–H and O–H groups in total. The Balaban J connectivity index is 1.70. The Hall–Kier alpha value is -2.28. The van der Waals surface area contributed by atoms with Gasteiger partial charge in [0.25, 0.3) is 0 Å². The van der Waals surface area contributed by atoms with Crippen LogP contribution in [0.1, 0.15) is 19.8 Å². The van der Waals surface area contributed by atoms with E-state index in [0.717, 1.165) is 30.8 Å². The first-order valence-corrected chi connectivity index (χ1v) is 7.10. The Bertz CT molecular complexity index is 612. The van der Waals surface area contributed by atoms with Gasteiger partial charge in [-0.1, -0.05) is 6.07 Å². The highest BCUT2D eigenvalue weighted by atomic mass is 16.1. The largest absolute Gasteiger partial charge is 0.326 e. The quantitative estimate of drug-likeness (QED) is 0.879. The van der Waals surface area contributed by atoms with E-state index in [2.05, 4.69) is 33.1 Å². The minimum Gasteiger partial charge on any atom is -0.326 e. The number of amides is 1. The Labute approximate surface area is 122 Å².